The quantitative estimate of drug-likeness (QED) is 0.670. The molecule has 0 radical (unpaired) electrons. The molecule has 2 rings (SSSR count). The Hall–Kier alpha value is -1.90. The minimum Gasteiger partial charge on any atom is -0.490 e. The SMILES string of the molecule is COc1cc(NC2CCCS(=O)(=O)C2)c(F)cc1[N+](=O)[O-]. The van der Waals surface area contributed by atoms with Gasteiger partial charge in [0.2, 0.25) is 0 Å². The number of anilines is 1. The summed E-state index contributed by atoms with van der Waals surface area (Å²) in [6, 6.07) is 1.53. The second-order valence-electron chi connectivity index (χ2n) is 4.86. The van der Waals surface area contributed by atoms with Gasteiger partial charge in [-0.2, -0.15) is 0 Å². The van der Waals surface area contributed by atoms with Crippen LogP contribution in [0.15, 0.2) is 12.1 Å². The van der Waals surface area contributed by atoms with Crippen molar-refractivity contribution in [3.8, 4) is 5.75 Å². The summed E-state index contributed by atoms with van der Waals surface area (Å²) in [5.41, 5.74) is -0.476. The van der Waals surface area contributed by atoms with Crippen LogP contribution in [-0.2, 0) is 9.84 Å². The minimum absolute atomic E-state index is 0.000417. The standard InChI is InChI=1S/C12H15FN2O5S/c1-20-12-6-10(9(13)5-11(12)15(16)17)14-8-3-2-4-21(18,19)7-8/h5-6,8,14H,2-4,7H2,1H3. The number of nitrogens with one attached hydrogen (secondary N) is 1. The summed E-state index contributed by atoms with van der Waals surface area (Å²) in [5.74, 6) is -0.837. The van der Waals surface area contributed by atoms with Crippen molar-refractivity contribution < 1.29 is 22.5 Å². The van der Waals surface area contributed by atoms with Gasteiger partial charge in [0.15, 0.2) is 21.4 Å². The van der Waals surface area contributed by atoms with E-state index in [-0.39, 0.29) is 22.9 Å². The van der Waals surface area contributed by atoms with E-state index >= 15 is 0 Å². The van der Waals surface area contributed by atoms with Gasteiger partial charge in [-0.1, -0.05) is 0 Å². The summed E-state index contributed by atoms with van der Waals surface area (Å²) in [6.07, 6.45) is 1.10. The number of hydrogen-bond acceptors (Lipinski definition) is 6. The molecule has 0 aromatic heterocycles. The number of benzene rings is 1. The van der Waals surface area contributed by atoms with E-state index in [4.69, 9.17) is 4.74 Å². The van der Waals surface area contributed by atoms with Crippen molar-refractivity contribution in [2.24, 2.45) is 0 Å². The molecule has 1 heterocycles. The molecular weight excluding hydrogens is 303 g/mol. The molecule has 1 saturated heterocycles. The third kappa shape index (κ3) is 3.60. The number of nitro groups is 1. The Morgan fingerprint density at radius 1 is 1.48 bits per heavy atom. The summed E-state index contributed by atoms with van der Waals surface area (Å²) in [4.78, 5) is 10.0. The van der Waals surface area contributed by atoms with Crippen LogP contribution in [0, 0.1) is 15.9 Å². The van der Waals surface area contributed by atoms with Crippen LogP contribution in [-0.4, -0.2) is 38.0 Å². The van der Waals surface area contributed by atoms with Crippen LogP contribution >= 0.6 is 0 Å². The predicted octanol–water partition coefficient (Wildman–Crippen LogP) is 1.73. The second-order valence-corrected chi connectivity index (χ2v) is 7.09. The molecule has 0 aliphatic carbocycles. The van der Waals surface area contributed by atoms with E-state index in [1.54, 1.807) is 0 Å². The zero-order valence-electron chi connectivity index (χ0n) is 11.3. The molecule has 1 fully saturated rings. The summed E-state index contributed by atoms with van der Waals surface area (Å²) < 4.78 is 41.9. The van der Waals surface area contributed by atoms with Crippen LogP contribution in [0.25, 0.3) is 0 Å². The van der Waals surface area contributed by atoms with Crippen LogP contribution in [0.1, 0.15) is 12.8 Å². The largest absolute Gasteiger partial charge is 0.490 e. The Kier molecular flexibility index (Phi) is 4.31. The molecule has 7 nitrogen and oxygen atoms in total. The number of methoxy groups -OCH3 is 1. The number of halogens is 1. The molecule has 1 aromatic rings. The molecule has 1 aliphatic heterocycles. The second kappa shape index (κ2) is 5.84. The van der Waals surface area contributed by atoms with E-state index < -0.39 is 32.3 Å². The molecule has 0 bridgehead atoms. The highest BCUT2D eigenvalue weighted by molar-refractivity contribution is 7.91. The van der Waals surface area contributed by atoms with Crippen molar-refractivity contribution in [1.82, 2.24) is 0 Å². The van der Waals surface area contributed by atoms with Crippen molar-refractivity contribution in [3.63, 3.8) is 0 Å². The molecular formula is C12H15FN2O5S. The zero-order valence-corrected chi connectivity index (χ0v) is 12.2. The zero-order chi connectivity index (χ0) is 15.6. The van der Waals surface area contributed by atoms with Gasteiger partial charge in [0.1, 0.15) is 0 Å². The number of sulfone groups is 1. The Bertz CT molecular complexity index is 662. The molecule has 116 valence electrons. The lowest BCUT2D eigenvalue weighted by molar-refractivity contribution is -0.385. The number of nitrogens with zero attached hydrogens (tertiary/aromatic N) is 1. The summed E-state index contributed by atoms with van der Waals surface area (Å²) >= 11 is 0. The molecule has 1 N–H and O–H groups in total. The highest BCUT2D eigenvalue weighted by Gasteiger charge is 2.26. The molecule has 9 heteroatoms. The van der Waals surface area contributed by atoms with Crippen LogP contribution in [0.4, 0.5) is 15.8 Å². The first-order chi connectivity index (χ1) is 9.82. The summed E-state index contributed by atoms with van der Waals surface area (Å²) in [5, 5.41) is 13.6. The van der Waals surface area contributed by atoms with Crippen LogP contribution in [0.3, 0.4) is 0 Å². The maximum Gasteiger partial charge on any atom is 0.313 e. The number of rotatable bonds is 4. The number of nitro benzene ring substituents is 1. The first kappa shape index (κ1) is 15.5. The van der Waals surface area contributed by atoms with Crippen molar-refractivity contribution in [2.75, 3.05) is 23.9 Å². The monoisotopic (exact) mass is 318 g/mol. The lowest BCUT2D eigenvalue weighted by Crippen LogP contribution is -2.35. The Morgan fingerprint density at radius 2 is 2.19 bits per heavy atom. The average molecular weight is 318 g/mol. The molecule has 1 atom stereocenters. The fourth-order valence-electron chi connectivity index (χ4n) is 2.32. The van der Waals surface area contributed by atoms with Gasteiger partial charge in [-0.15, -0.1) is 0 Å². The Morgan fingerprint density at radius 3 is 2.76 bits per heavy atom. The van der Waals surface area contributed by atoms with E-state index in [0.717, 1.165) is 6.07 Å². The van der Waals surface area contributed by atoms with Gasteiger partial charge in [0.05, 0.1) is 35.3 Å². The summed E-state index contributed by atoms with van der Waals surface area (Å²) in [6.45, 7) is 0. The fourth-order valence-corrected chi connectivity index (χ4v) is 3.95. The van der Waals surface area contributed by atoms with Gasteiger partial charge in [0, 0.05) is 12.1 Å². The maximum atomic E-state index is 13.9. The lowest BCUT2D eigenvalue weighted by Gasteiger charge is -2.24. The molecule has 0 amide bonds. The molecule has 1 aliphatic rings. The summed E-state index contributed by atoms with van der Waals surface area (Å²) in [7, 11) is -1.88. The highest BCUT2D eigenvalue weighted by Crippen LogP contribution is 2.33. The van der Waals surface area contributed by atoms with E-state index in [0.29, 0.717) is 12.8 Å². The van der Waals surface area contributed by atoms with Crippen molar-refractivity contribution >= 4 is 21.2 Å². The Balaban J connectivity index is 2.26. The van der Waals surface area contributed by atoms with E-state index in [1.165, 1.54) is 13.2 Å². The molecule has 0 spiro atoms. The first-order valence-electron chi connectivity index (χ1n) is 6.31. The minimum atomic E-state index is -3.13. The first-order valence-corrected chi connectivity index (χ1v) is 8.13. The van der Waals surface area contributed by atoms with E-state index in [1.807, 2.05) is 0 Å². The topological polar surface area (TPSA) is 98.5 Å². The van der Waals surface area contributed by atoms with Gasteiger partial charge in [-0.05, 0) is 12.8 Å². The predicted molar refractivity (Wildman–Crippen MR) is 74.9 cm³/mol. The van der Waals surface area contributed by atoms with Crippen molar-refractivity contribution in [2.45, 2.75) is 18.9 Å². The molecule has 0 saturated carbocycles. The fraction of sp³-hybridized carbons (Fsp3) is 0.500. The van der Waals surface area contributed by atoms with Crippen LogP contribution < -0.4 is 10.1 Å². The highest BCUT2D eigenvalue weighted by atomic mass is 32.2. The third-order valence-electron chi connectivity index (χ3n) is 3.29. The smallest absolute Gasteiger partial charge is 0.313 e. The van der Waals surface area contributed by atoms with Crippen LogP contribution in [0.2, 0.25) is 0 Å². The maximum absolute atomic E-state index is 13.9. The van der Waals surface area contributed by atoms with Gasteiger partial charge in [0.25, 0.3) is 0 Å². The van der Waals surface area contributed by atoms with E-state index in [2.05, 4.69) is 5.32 Å². The Labute approximate surface area is 121 Å². The molecule has 1 unspecified atom stereocenters. The van der Waals surface area contributed by atoms with Crippen LogP contribution in [0.5, 0.6) is 5.75 Å². The molecule has 21 heavy (non-hydrogen) atoms. The van der Waals surface area contributed by atoms with Gasteiger partial charge < -0.3 is 10.1 Å². The number of ether oxygens (including phenoxy) is 1. The van der Waals surface area contributed by atoms with E-state index in [9.17, 15) is 22.9 Å². The number of hydrogen-bond donors (Lipinski definition) is 1. The lowest BCUT2D eigenvalue weighted by atomic mass is 10.1. The average Bonchev–Trinajstić information content (AvgIpc) is 2.39. The van der Waals surface area contributed by atoms with Crippen molar-refractivity contribution in [1.29, 1.82) is 0 Å². The van der Waals surface area contributed by atoms with Gasteiger partial charge >= 0.3 is 5.69 Å². The van der Waals surface area contributed by atoms with Crippen molar-refractivity contribution in [3.05, 3.63) is 28.1 Å². The van der Waals surface area contributed by atoms with Gasteiger partial charge in [-0.25, -0.2) is 12.8 Å². The van der Waals surface area contributed by atoms with Gasteiger partial charge in [-0.3, -0.25) is 10.1 Å². The third-order valence-corrected chi connectivity index (χ3v) is 5.11. The normalized spacial score (nSPS) is 20.8. The molecule has 1 aromatic carbocycles.